The molecule has 0 spiro atoms. The first-order valence-corrected chi connectivity index (χ1v) is 14.2. The van der Waals surface area contributed by atoms with Gasteiger partial charge in [-0.15, -0.1) is 0 Å². The van der Waals surface area contributed by atoms with Gasteiger partial charge in [0.15, 0.2) is 0 Å². The summed E-state index contributed by atoms with van der Waals surface area (Å²) >= 11 is 0. The van der Waals surface area contributed by atoms with Gasteiger partial charge in [-0.1, -0.05) is 105 Å². The Hall–Kier alpha value is -4.54. The van der Waals surface area contributed by atoms with E-state index in [1.165, 1.54) is 0 Å². The van der Waals surface area contributed by atoms with Crippen molar-refractivity contribution < 1.29 is 29.4 Å². The number of nitrogens with one attached hydrogen (secondary N) is 2. The Balaban J connectivity index is 0.000000304. The molecule has 43 heavy (non-hydrogen) atoms. The van der Waals surface area contributed by atoms with Crippen LogP contribution in [0.25, 0.3) is 0 Å². The van der Waals surface area contributed by atoms with Crippen molar-refractivity contribution in [1.29, 1.82) is 0 Å². The SMILES string of the molecule is CC(C)C[C@H](NC(=O)[C@@H](N)Cc1ccccc1)C(=O)O.N[C@@H](Cc1ccccc1)C(=O)N[C@@H](Cc1ccccc1)C(=O)O. The lowest BCUT2D eigenvalue weighted by molar-refractivity contribution is -0.142. The lowest BCUT2D eigenvalue weighted by atomic mass is 10.0. The van der Waals surface area contributed by atoms with E-state index in [0.29, 0.717) is 19.3 Å². The number of nitrogens with two attached hydrogens (primary N) is 2. The van der Waals surface area contributed by atoms with Crippen molar-refractivity contribution in [3.63, 3.8) is 0 Å². The first kappa shape index (κ1) is 34.7. The van der Waals surface area contributed by atoms with Crippen LogP contribution in [0, 0.1) is 5.92 Å². The molecule has 3 rings (SSSR count). The number of amides is 2. The molecule has 230 valence electrons. The summed E-state index contributed by atoms with van der Waals surface area (Å²) in [5.41, 5.74) is 14.4. The third-order valence-corrected chi connectivity index (χ3v) is 6.49. The van der Waals surface area contributed by atoms with Crippen molar-refractivity contribution in [1.82, 2.24) is 10.6 Å². The van der Waals surface area contributed by atoms with Crippen LogP contribution in [0.5, 0.6) is 0 Å². The van der Waals surface area contributed by atoms with E-state index in [1.807, 2.05) is 105 Å². The molecular formula is C33H42N4O6. The summed E-state index contributed by atoms with van der Waals surface area (Å²) in [6.07, 6.45) is 1.37. The Kier molecular flexibility index (Phi) is 14.6. The van der Waals surface area contributed by atoms with E-state index in [4.69, 9.17) is 16.6 Å². The van der Waals surface area contributed by atoms with Crippen molar-refractivity contribution in [2.75, 3.05) is 0 Å². The second-order valence-corrected chi connectivity index (χ2v) is 10.7. The first-order valence-electron chi connectivity index (χ1n) is 14.2. The van der Waals surface area contributed by atoms with Crippen LogP contribution >= 0.6 is 0 Å². The van der Waals surface area contributed by atoms with E-state index < -0.39 is 47.9 Å². The molecule has 0 radical (unpaired) electrons. The summed E-state index contributed by atoms with van der Waals surface area (Å²) in [6.45, 7) is 3.82. The van der Waals surface area contributed by atoms with Gasteiger partial charge in [0.2, 0.25) is 11.8 Å². The topological polar surface area (TPSA) is 185 Å². The maximum Gasteiger partial charge on any atom is 0.326 e. The molecule has 8 N–H and O–H groups in total. The number of carboxylic acid groups (broad SMARTS) is 2. The highest BCUT2D eigenvalue weighted by Gasteiger charge is 2.25. The highest BCUT2D eigenvalue weighted by Crippen LogP contribution is 2.08. The van der Waals surface area contributed by atoms with Crippen LogP contribution in [0.1, 0.15) is 37.0 Å². The molecule has 0 fully saturated rings. The Morgan fingerprint density at radius 2 is 0.907 bits per heavy atom. The fourth-order valence-corrected chi connectivity index (χ4v) is 4.22. The molecule has 0 aliphatic rings. The number of rotatable bonds is 14. The van der Waals surface area contributed by atoms with Gasteiger partial charge >= 0.3 is 11.9 Å². The average Bonchev–Trinajstić information content (AvgIpc) is 2.98. The second kappa shape index (κ2) is 18.1. The van der Waals surface area contributed by atoms with Crippen LogP contribution in [-0.2, 0) is 38.4 Å². The molecule has 0 aromatic heterocycles. The highest BCUT2D eigenvalue weighted by atomic mass is 16.4. The van der Waals surface area contributed by atoms with Gasteiger partial charge in [-0.25, -0.2) is 9.59 Å². The van der Waals surface area contributed by atoms with Crippen LogP contribution in [0.2, 0.25) is 0 Å². The average molecular weight is 591 g/mol. The predicted octanol–water partition coefficient (Wildman–Crippen LogP) is 2.54. The van der Waals surface area contributed by atoms with Crippen molar-refractivity contribution in [2.45, 2.75) is 63.7 Å². The molecule has 10 heteroatoms. The summed E-state index contributed by atoms with van der Waals surface area (Å²) in [5, 5.41) is 23.4. The van der Waals surface area contributed by atoms with Crippen LogP contribution in [0.4, 0.5) is 0 Å². The van der Waals surface area contributed by atoms with E-state index in [9.17, 15) is 24.3 Å². The fourth-order valence-electron chi connectivity index (χ4n) is 4.22. The molecule has 0 saturated carbocycles. The molecule has 3 aromatic carbocycles. The van der Waals surface area contributed by atoms with Crippen molar-refractivity contribution in [3.05, 3.63) is 108 Å². The van der Waals surface area contributed by atoms with Gasteiger partial charge in [0.25, 0.3) is 0 Å². The third-order valence-electron chi connectivity index (χ3n) is 6.49. The summed E-state index contributed by atoms with van der Waals surface area (Å²) in [7, 11) is 0. The number of aliphatic carboxylic acids is 2. The normalized spacial score (nSPS) is 13.4. The summed E-state index contributed by atoms with van der Waals surface area (Å²) < 4.78 is 0. The number of hydrogen-bond acceptors (Lipinski definition) is 6. The first-order chi connectivity index (χ1) is 20.5. The van der Waals surface area contributed by atoms with Crippen LogP contribution in [0.3, 0.4) is 0 Å². The Labute approximate surface area is 252 Å². The van der Waals surface area contributed by atoms with Crippen molar-refractivity contribution in [3.8, 4) is 0 Å². The van der Waals surface area contributed by atoms with Gasteiger partial charge in [-0.3, -0.25) is 9.59 Å². The molecule has 0 aliphatic heterocycles. The maximum atomic E-state index is 12.2. The largest absolute Gasteiger partial charge is 0.480 e. The van der Waals surface area contributed by atoms with Crippen LogP contribution in [0.15, 0.2) is 91.0 Å². The number of benzene rings is 3. The van der Waals surface area contributed by atoms with E-state index in [1.54, 1.807) is 0 Å². The number of carbonyl (C=O) groups excluding carboxylic acids is 2. The summed E-state index contributed by atoms with van der Waals surface area (Å²) in [6, 6.07) is 24.6. The van der Waals surface area contributed by atoms with Crippen LogP contribution < -0.4 is 22.1 Å². The van der Waals surface area contributed by atoms with Gasteiger partial charge < -0.3 is 32.3 Å². The van der Waals surface area contributed by atoms with Gasteiger partial charge in [0.05, 0.1) is 12.1 Å². The van der Waals surface area contributed by atoms with Crippen molar-refractivity contribution in [2.24, 2.45) is 17.4 Å². The molecule has 0 heterocycles. The molecule has 3 aromatic rings. The molecule has 0 bridgehead atoms. The fraction of sp³-hybridized carbons (Fsp3) is 0.333. The third kappa shape index (κ3) is 13.3. The zero-order chi connectivity index (χ0) is 31.8. The standard InChI is InChI=1S/C18H20N2O3.C15H22N2O3/c19-15(11-13-7-3-1-4-8-13)17(21)20-16(18(22)23)12-14-9-5-2-6-10-14;1-10(2)8-13(15(19)20)17-14(18)12(16)9-11-6-4-3-5-7-11/h1-10,15-16H,11-12,19H2,(H,20,21)(H,22,23);3-7,10,12-13H,8-9,16H2,1-2H3,(H,17,18)(H,19,20)/t15-,16-;12-,13-/m00/s1. The van der Waals surface area contributed by atoms with E-state index in [0.717, 1.165) is 16.7 Å². The van der Waals surface area contributed by atoms with Gasteiger partial charge in [-0.2, -0.15) is 0 Å². The van der Waals surface area contributed by atoms with Gasteiger partial charge in [-0.05, 0) is 41.9 Å². The molecule has 0 saturated heterocycles. The zero-order valence-corrected chi connectivity index (χ0v) is 24.6. The second-order valence-electron chi connectivity index (χ2n) is 10.7. The smallest absolute Gasteiger partial charge is 0.326 e. The maximum absolute atomic E-state index is 12.2. The zero-order valence-electron chi connectivity index (χ0n) is 24.6. The van der Waals surface area contributed by atoms with Gasteiger partial charge in [0.1, 0.15) is 12.1 Å². The van der Waals surface area contributed by atoms with Gasteiger partial charge in [0, 0.05) is 6.42 Å². The molecule has 0 aliphatic carbocycles. The number of carbonyl (C=O) groups is 4. The molecular weight excluding hydrogens is 548 g/mol. The highest BCUT2D eigenvalue weighted by molar-refractivity contribution is 5.87. The lowest BCUT2D eigenvalue weighted by Gasteiger charge is -2.19. The van der Waals surface area contributed by atoms with Crippen molar-refractivity contribution >= 4 is 23.8 Å². The van der Waals surface area contributed by atoms with E-state index >= 15 is 0 Å². The monoisotopic (exact) mass is 590 g/mol. The lowest BCUT2D eigenvalue weighted by Crippen LogP contribution is -2.50. The quantitative estimate of drug-likeness (QED) is 0.165. The van der Waals surface area contributed by atoms with E-state index in [-0.39, 0.29) is 12.3 Å². The summed E-state index contributed by atoms with van der Waals surface area (Å²) in [5.74, 6) is -2.81. The Morgan fingerprint density at radius 3 is 1.23 bits per heavy atom. The molecule has 0 unspecified atom stereocenters. The summed E-state index contributed by atoms with van der Waals surface area (Å²) in [4.78, 5) is 46.6. The predicted molar refractivity (Wildman–Crippen MR) is 165 cm³/mol. The minimum Gasteiger partial charge on any atom is -0.480 e. The minimum atomic E-state index is -1.07. The number of hydrogen-bond donors (Lipinski definition) is 6. The number of carboxylic acids is 2. The molecule has 10 nitrogen and oxygen atoms in total. The molecule has 4 atom stereocenters. The Morgan fingerprint density at radius 1 is 0.581 bits per heavy atom. The molecule has 2 amide bonds. The van der Waals surface area contributed by atoms with Crippen LogP contribution in [-0.4, -0.2) is 58.1 Å². The van der Waals surface area contributed by atoms with E-state index in [2.05, 4.69) is 10.6 Å². The Bertz CT molecular complexity index is 1290. The minimum absolute atomic E-state index is 0.182.